The van der Waals surface area contributed by atoms with Crippen LogP contribution in [-0.2, 0) is 20.3 Å². The van der Waals surface area contributed by atoms with E-state index in [1.54, 1.807) is 18.2 Å². The first-order valence-electron chi connectivity index (χ1n) is 5.65. The number of aliphatic carboxylic acids is 1. The normalized spacial score (nSPS) is 16.7. The minimum atomic E-state index is -1.71. The summed E-state index contributed by atoms with van der Waals surface area (Å²) in [6.45, 7) is 0.775. The molecule has 1 aromatic carbocycles. The second-order valence-electron chi connectivity index (χ2n) is 3.89. The maximum atomic E-state index is 12.2. The monoisotopic (exact) mass is 286 g/mol. The summed E-state index contributed by atoms with van der Waals surface area (Å²) in [5.41, 5.74) is 0. The number of ether oxygens (including phenoxy) is 3. The molecule has 7 heteroatoms. The van der Waals surface area contributed by atoms with E-state index in [1.165, 1.54) is 7.11 Å². The fourth-order valence-electron chi connectivity index (χ4n) is 1.69. The van der Waals surface area contributed by atoms with Crippen molar-refractivity contribution in [3.8, 4) is 11.5 Å². The first-order valence-corrected chi connectivity index (χ1v) is 6.86. The Bertz CT molecular complexity index is 501. The van der Waals surface area contributed by atoms with Crippen molar-refractivity contribution in [2.45, 2.75) is 10.1 Å². The number of carboxylic acid groups (broad SMARTS) is 1. The molecule has 0 fully saturated rings. The Balaban J connectivity index is 2.25. The zero-order valence-corrected chi connectivity index (χ0v) is 11.1. The summed E-state index contributed by atoms with van der Waals surface area (Å²) in [6.07, 6.45) is 0. The SMILES string of the molecule is COCC(C(=O)O)S(=O)c1ccc2c(c1)OCCO2. The van der Waals surface area contributed by atoms with Gasteiger partial charge >= 0.3 is 5.97 Å². The van der Waals surface area contributed by atoms with Gasteiger partial charge in [-0.25, -0.2) is 0 Å². The molecule has 2 rings (SSSR count). The van der Waals surface area contributed by atoms with Gasteiger partial charge in [-0.3, -0.25) is 9.00 Å². The van der Waals surface area contributed by atoms with Gasteiger partial charge in [0.25, 0.3) is 0 Å². The molecule has 1 aromatic rings. The van der Waals surface area contributed by atoms with Crippen LogP contribution in [0.15, 0.2) is 23.1 Å². The molecule has 1 N–H and O–H groups in total. The standard InChI is InChI=1S/C12H14O6S/c1-16-7-11(12(13)14)19(15)8-2-3-9-10(6-8)18-5-4-17-9/h2-3,6,11H,4-5,7H2,1H3,(H,13,14). The molecule has 0 amide bonds. The van der Waals surface area contributed by atoms with Crippen molar-refractivity contribution < 1.29 is 28.3 Å². The molecule has 0 aromatic heterocycles. The lowest BCUT2D eigenvalue weighted by atomic mass is 10.3. The number of benzene rings is 1. The lowest BCUT2D eigenvalue weighted by Gasteiger charge is -2.19. The van der Waals surface area contributed by atoms with Crippen molar-refractivity contribution in [3.05, 3.63) is 18.2 Å². The quantitative estimate of drug-likeness (QED) is 0.856. The Morgan fingerprint density at radius 2 is 2.11 bits per heavy atom. The maximum absolute atomic E-state index is 12.2. The van der Waals surface area contributed by atoms with E-state index in [0.717, 1.165) is 0 Å². The second-order valence-corrected chi connectivity index (χ2v) is 5.52. The predicted molar refractivity (Wildman–Crippen MR) is 67.1 cm³/mol. The van der Waals surface area contributed by atoms with Gasteiger partial charge in [-0.2, -0.15) is 0 Å². The number of hydrogen-bond acceptors (Lipinski definition) is 5. The molecule has 2 atom stereocenters. The molecular formula is C12H14O6S. The fourth-order valence-corrected chi connectivity index (χ4v) is 2.89. The number of fused-ring (bicyclic) bond motifs is 1. The number of hydrogen-bond donors (Lipinski definition) is 1. The first-order chi connectivity index (χ1) is 9.13. The van der Waals surface area contributed by atoms with Crippen LogP contribution in [-0.4, -0.2) is 47.5 Å². The molecule has 2 unspecified atom stereocenters. The van der Waals surface area contributed by atoms with E-state index >= 15 is 0 Å². The number of carbonyl (C=O) groups is 1. The number of carboxylic acids is 1. The minimum absolute atomic E-state index is 0.115. The average Bonchev–Trinajstić information content (AvgIpc) is 2.43. The largest absolute Gasteiger partial charge is 0.486 e. The lowest BCUT2D eigenvalue weighted by molar-refractivity contribution is -0.137. The van der Waals surface area contributed by atoms with Gasteiger partial charge in [-0.1, -0.05) is 0 Å². The highest BCUT2D eigenvalue weighted by atomic mass is 32.2. The molecule has 1 aliphatic rings. The van der Waals surface area contributed by atoms with Crippen molar-refractivity contribution in [3.63, 3.8) is 0 Å². The van der Waals surface area contributed by atoms with Crippen molar-refractivity contribution >= 4 is 16.8 Å². The summed E-state index contributed by atoms with van der Waals surface area (Å²) in [6, 6.07) is 4.76. The van der Waals surface area contributed by atoms with E-state index in [2.05, 4.69) is 0 Å². The molecule has 0 spiro atoms. The van der Waals surface area contributed by atoms with Crippen molar-refractivity contribution in [2.75, 3.05) is 26.9 Å². The summed E-state index contributed by atoms with van der Waals surface area (Å²) < 4.78 is 27.7. The molecule has 0 saturated carbocycles. The predicted octanol–water partition coefficient (Wildman–Crippen LogP) is 0.665. The van der Waals surface area contributed by atoms with Crippen molar-refractivity contribution in [1.29, 1.82) is 0 Å². The fraction of sp³-hybridized carbons (Fsp3) is 0.417. The molecule has 6 nitrogen and oxygen atoms in total. The highest BCUT2D eigenvalue weighted by Crippen LogP contribution is 2.32. The summed E-state index contributed by atoms with van der Waals surface area (Å²) in [5, 5.41) is 7.94. The average molecular weight is 286 g/mol. The van der Waals surface area contributed by atoms with Crippen LogP contribution in [0.5, 0.6) is 11.5 Å². The third kappa shape index (κ3) is 3.05. The van der Waals surface area contributed by atoms with Gasteiger partial charge in [0.15, 0.2) is 16.7 Å². The maximum Gasteiger partial charge on any atom is 0.322 e. The van der Waals surface area contributed by atoms with Gasteiger partial charge in [0.05, 0.1) is 17.4 Å². The van der Waals surface area contributed by atoms with Crippen LogP contribution in [0.2, 0.25) is 0 Å². The van der Waals surface area contributed by atoms with Gasteiger partial charge < -0.3 is 19.3 Å². The molecule has 0 bridgehead atoms. The molecule has 1 aliphatic heterocycles. The first kappa shape index (κ1) is 13.8. The van der Waals surface area contributed by atoms with Crippen LogP contribution in [0.1, 0.15) is 0 Å². The van der Waals surface area contributed by atoms with Gasteiger partial charge in [0.2, 0.25) is 0 Å². The molecule has 104 valence electrons. The summed E-state index contributed by atoms with van der Waals surface area (Å²) in [4.78, 5) is 11.4. The number of rotatable bonds is 5. The third-order valence-corrected chi connectivity index (χ3v) is 4.17. The molecule has 1 heterocycles. The van der Waals surface area contributed by atoms with E-state index in [4.69, 9.17) is 19.3 Å². The Hall–Kier alpha value is -1.60. The summed E-state index contributed by atoms with van der Waals surface area (Å²) in [5.74, 6) is -0.0978. The van der Waals surface area contributed by atoms with Crippen molar-refractivity contribution in [2.24, 2.45) is 0 Å². The van der Waals surface area contributed by atoms with Gasteiger partial charge in [0.1, 0.15) is 13.2 Å². The van der Waals surface area contributed by atoms with E-state index < -0.39 is 22.0 Å². The van der Waals surface area contributed by atoms with Crippen molar-refractivity contribution in [1.82, 2.24) is 0 Å². The van der Waals surface area contributed by atoms with Gasteiger partial charge in [0, 0.05) is 18.1 Å². The van der Waals surface area contributed by atoms with Gasteiger partial charge in [-0.15, -0.1) is 0 Å². The van der Waals surface area contributed by atoms with E-state index in [9.17, 15) is 9.00 Å². The summed E-state index contributed by atoms with van der Waals surface area (Å²) in [7, 11) is -0.337. The molecular weight excluding hydrogens is 272 g/mol. The Morgan fingerprint density at radius 1 is 1.42 bits per heavy atom. The second kappa shape index (κ2) is 6.03. The Morgan fingerprint density at radius 3 is 2.74 bits per heavy atom. The zero-order chi connectivity index (χ0) is 13.8. The van der Waals surface area contributed by atoms with E-state index in [-0.39, 0.29) is 6.61 Å². The van der Waals surface area contributed by atoms with Crippen LogP contribution >= 0.6 is 0 Å². The molecule has 19 heavy (non-hydrogen) atoms. The van der Waals surface area contributed by atoms with Crippen LogP contribution in [0.4, 0.5) is 0 Å². The number of methoxy groups -OCH3 is 1. The van der Waals surface area contributed by atoms with Crippen LogP contribution in [0.25, 0.3) is 0 Å². The minimum Gasteiger partial charge on any atom is -0.486 e. The van der Waals surface area contributed by atoms with Crippen LogP contribution in [0.3, 0.4) is 0 Å². The molecule has 0 radical (unpaired) electrons. The summed E-state index contributed by atoms with van der Waals surface area (Å²) >= 11 is 0. The lowest BCUT2D eigenvalue weighted by Crippen LogP contribution is -2.30. The topological polar surface area (TPSA) is 82.1 Å². The van der Waals surface area contributed by atoms with Crippen LogP contribution < -0.4 is 9.47 Å². The van der Waals surface area contributed by atoms with E-state index in [1.807, 2.05) is 0 Å². The third-order valence-electron chi connectivity index (χ3n) is 2.60. The van der Waals surface area contributed by atoms with E-state index in [0.29, 0.717) is 29.6 Å². The molecule has 0 saturated heterocycles. The molecule has 0 aliphatic carbocycles. The highest BCUT2D eigenvalue weighted by molar-refractivity contribution is 7.86. The Labute approximate surface area is 112 Å². The van der Waals surface area contributed by atoms with Crippen LogP contribution in [0, 0.1) is 0 Å². The highest BCUT2D eigenvalue weighted by Gasteiger charge is 2.27. The smallest absolute Gasteiger partial charge is 0.322 e. The van der Waals surface area contributed by atoms with Gasteiger partial charge in [-0.05, 0) is 12.1 Å². The zero-order valence-electron chi connectivity index (χ0n) is 10.3. The Kier molecular flexibility index (Phi) is 4.39.